The zero-order chi connectivity index (χ0) is 13.0. The monoisotopic (exact) mass is 251 g/mol. The van der Waals surface area contributed by atoms with E-state index < -0.39 is 0 Å². The average molecular weight is 251 g/mol. The Morgan fingerprint density at radius 3 is 3.11 bits per heavy atom. The number of nitrogens with zero attached hydrogens (tertiary/aromatic N) is 1. The second-order valence-electron chi connectivity index (χ2n) is 5.34. The minimum atomic E-state index is -0.157. The smallest absolute Gasteiger partial charge is 0.116 e. The summed E-state index contributed by atoms with van der Waals surface area (Å²) in [7, 11) is 2.03. The van der Waals surface area contributed by atoms with Gasteiger partial charge in [-0.2, -0.15) is 0 Å². The molecule has 1 heterocycles. The first-order chi connectivity index (χ1) is 8.69. The van der Waals surface area contributed by atoms with E-state index in [0.29, 0.717) is 5.92 Å². The summed E-state index contributed by atoms with van der Waals surface area (Å²) < 4.78 is 0. The fourth-order valence-corrected chi connectivity index (χ4v) is 2.88. The van der Waals surface area contributed by atoms with Crippen LogP contribution in [0.4, 0.5) is 0 Å². The van der Waals surface area contributed by atoms with Crippen molar-refractivity contribution in [2.24, 2.45) is 22.6 Å². The molecule has 5 heteroatoms. The molecular weight excluding hydrogens is 226 g/mol. The number of aliphatic imine (C=N–C) groups is 1. The van der Waals surface area contributed by atoms with Crippen LogP contribution in [0.5, 0.6) is 0 Å². The van der Waals surface area contributed by atoms with Gasteiger partial charge in [-0.25, -0.2) is 0 Å². The Kier molecular flexibility index (Phi) is 4.60. The van der Waals surface area contributed by atoms with Gasteiger partial charge in [-0.1, -0.05) is 0 Å². The summed E-state index contributed by atoms with van der Waals surface area (Å²) in [6.07, 6.45) is 5.74. The molecule has 0 aromatic carbocycles. The topological polar surface area (TPSA) is 74.5 Å². The molecule has 102 valence electrons. The number of nitrogens with one attached hydrogen (secondary N) is 3. The van der Waals surface area contributed by atoms with Gasteiger partial charge in [0.2, 0.25) is 0 Å². The van der Waals surface area contributed by atoms with Crippen molar-refractivity contribution in [1.82, 2.24) is 16.0 Å². The highest BCUT2D eigenvalue weighted by Gasteiger charge is 2.27. The number of amidine groups is 1. The number of rotatable bonds is 3. The van der Waals surface area contributed by atoms with E-state index in [-0.39, 0.29) is 6.17 Å². The van der Waals surface area contributed by atoms with E-state index in [1.165, 1.54) is 25.0 Å². The van der Waals surface area contributed by atoms with Crippen molar-refractivity contribution in [1.29, 1.82) is 0 Å². The molecule has 0 spiro atoms. The fraction of sp³-hybridized carbons (Fsp3) is 0.769. The van der Waals surface area contributed by atoms with Gasteiger partial charge >= 0.3 is 0 Å². The van der Waals surface area contributed by atoms with Gasteiger partial charge in [0.1, 0.15) is 6.17 Å². The van der Waals surface area contributed by atoms with E-state index in [9.17, 15) is 0 Å². The van der Waals surface area contributed by atoms with Gasteiger partial charge in [0.05, 0.1) is 12.4 Å². The molecule has 0 saturated heterocycles. The SMILES string of the molecule is CNCC1CCC(C2=CNC(C)=NC(N)CN2)C1. The highest BCUT2D eigenvalue weighted by molar-refractivity contribution is 5.80. The molecule has 0 aromatic rings. The summed E-state index contributed by atoms with van der Waals surface area (Å²) in [6, 6.07) is 0. The second kappa shape index (κ2) is 6.20. The molecule has 5 N–H and O–H groups in total. The molecule has 18 heavy (non-hydrogen) atoms. The van der Waals surface area contributed by atoms with Crippen molar-refractivity contribution in [3.63, 3.8) is 0 Å². The Labute approximate surface area is 109 Å². The van der Waals surface area contributed by atoms with Gasteiger partial charge in [0.15, 0.2) is 0 Å². The lowest BCUT2D eigenvalue weighted by Gasteiger charge is -2.22. The number of nitrogens with two attached hydrogens (primary N) is 1. The van der Waals surface area contributed by atoms with Crippen molar-refractivity contribution in [3.8, 4) is 0 Å². The zero-order valence-corrected chi connectivity index (χ0v) is 11.4. The van der Waals surface area contributed by atoms with Gasteiger partial charge in [-0.3, -0.25) is 4.99 Å². The molecule has 0 bridgehead atoms. The summed E-state index contributed by atoms with van der Waals surface area (Å²) in [6.45, 7) is 3.80. The fourth-order valence-electron chi connectivity index (χ4n) is 2.88. The normalized spacial score (nSPS) is 32.7. The third kappa shape index (κ3) is 3.46. The van der Waals surface area contributed by atoms with Gasteiger partial charge in [0, 0.05) is 17.8 Å². The minimum Gasteiger partial charge on any atom is -0.383 e. The molecule has 5 nitrogen and oxygen atoms in total. The van der Waals surface area contributed by atoms with E-state index in [1.807, 2.05) is 14.0 Å². The summed E-state index contributed by atoms with van der Waals surface area (Å²) in [5.74, 6) is 2.33. The molecule has 0 amide bonds. The summed E-state index contributed by atoms with van der Waals surface area (Å²) in [5.41, 5.74) is 7.19. The molecule has 1 aliphatic carbocycles. The Morgan fingerprint density at radius 1 is 1.50 bits per heavy atom. The molecule has 3 atom stereocenters. The van der Waals surface area contributed by atoms with Crippen LogP contribution >= 0.6 is 0 Å². The van der Waals surface area contributed by atoms with E-state index in [0.717, 1.165) is 24.8 Å². The highest BCUT2D eigenvalue weighted by atomic mass is 15.1. The third-order valence-corrected chi connectivity index (χ3v) is 3.79. The molecule has 0 aromatic heterocycles. The molecule has 1 saturated carbocycles. The van der Waals surface area contributed by atoms with Crippen LogP contribution in [0.15, 0.2) is 16.9 Å². The molecule has 0 radical (unpaired) electrons. The maximum atomic E-state index is 5.90. The Bertz CT molecular complexity index is 336. The third-order valence-electron chi connectivity index (χ3n) is 3.79. The van der Waals surface area contributed by atoms with Crippen molar-refractivity contribution in [2.75, 3.05) is 20.1 Å². The molecule has 1 aliphatic heterocycles. The summed E-state index contributed by atoms with van der Waals surface area (Å²) in [4.78, 5) is 4.31. The maximum Gasteiger partial charge on any atom is 0.116 e. The molecule has 2 rings (SSSR count). The van der Waals surface area contributed by atoms with Gasteiger partial charge in [-0.15, -0.1) is 0 Å². The van der Waals surface area contributed by atoms with Crippen LogP contribution in [0.25, 0.3) is 0 Å². The Balaban J connectivity index is 1.96. The predicted molar refractivity (Wildman–Crippen MR) is 75.1 cm³/mol. The predicted octanol–water partition coefficient (Wildman–Crippen LogP) is 0.360. The van der Waals surface area contributed by atoms with Crippen molar-refractivity contribution >= 4 is 5.84 Å². The quantitative estimate of drug-likeness (QED) is 0.584. The Morgan fingerprint density at radius 2 is 2.33 bits per heavy atom. The van der Waals surface area contributed by atoms with Crippen LogP contribution < -0.4 is 21.7 Å². The average Bonchev–Trinajstić information content (AvgIpc) is 2.76. The zero-order valence-electron chi connectivity index (χ0n) is 11.4. The van der Waals surface area contributed by atoms with Crippen molar-refractivity contribution in [3.05, 3.63) is 11.9 Å². The lowest BCUT2D eigenvalue weighted by molar-refractivity contribution is 0.482. The summed E-state index contributed by atoms with van der Waals surface area (Å²) >= 11 is 0. The summed E-state index contributed by atoms with van der Waals surface area (Å²) in [5, 5.41) is 9.94. The van der Waals surface area contributed by atoms with Crippen molar-refractivity contribution < 1.29 is 0 Å². The van der Waals surface area contributed by atoms with Crippen molar-refractivity contribution in [2.45, 2.75) is 32.4 Å². The van der Waals surface area contributed by atoms with Crippen LogP contribution in [0.3, 0.4) is 0 Å². The highest BCUT2D eigenvalue weighted by Crippen LogP contribution is 2.34. The van der Waals surface area contributed by atoms with E-state index in [2.05, 4.69) is 27.1 Å². The minimum absolute atomic E-state index is 0.157. The lowest BCUT2D eigenvalue weighted by Crippen LogP contribution is -2.38. The number of hydrogen-bond donors (Lipinski definition) is 4. The number of hydrogen-bond acceptors (Lipinski definition) is 5. The first kappa shape index (κ1) is 13.4. The lowest BCUT2D eigenvalue weighted by atomic mass is 10.0. The van der Waals surface area contributed by atoms with Crippen LogP contribution in [0.2, 0.25) is 0 Å². The van der Waals surface area contributed by atoms with Crippen LogP contribution in [0, 0.1) is 11.8 Å². The second-order valence-corrected chi connectivity index (χ2v) is 5.34. The van der Waals surface area contributed by atoms with E-state index in [4.69, 9.17) is 5.73 Å². The first-order valence-electron chi connectivity index (χ1n) is 6.84. The van der Waals surface area contributed by atoms with E-state index >= 15 is 0 Å². The molecule has 1 fully saturated rings. The Hall–Kier alpha value is -1.07. The standard InChI is InChI=1S/C13H25N5/c1-9-16-7-12(17-8-13(14)18-9)11-4-3-10(5-11)6-15-2/h7,10-11,13,15,17H,3-6,8,14H2,1-2H3,(H,16,18). The molecule has 2 aliphatic rings. The van der Waals surface area contributed by atoms with E-state index in [1.54, 1.807) is 0 Å². The largest absolute Gasteiger partial charge is 0.383 e. The van der Waals surface area contributed by atoms with Crippen LogP contribution in [-0.2, 0) is 0 Å². The molecule has 3 unspecified atom stereocenters. The maximum absolute atomic E-state index is 5.90. The van der Waals surface area contributed by atoms with Gasteiger partial charge in [-0.05, 0) is 45.7 Å². The number of allylic oxidation sites excluding steroid dienone is 1. The van der Waals surface area contributed by atoms with Crippen LogP contribution in [0.1, 0.15) is 26.2 Å². The molecular formula is C13H25N5. The van der Waals surface area contributed by atoms with Crippen LogP contribution in [-0.4, -0.2) is 32.1 Å². The first-order valence-corrected chi connectivity index (χ1v) is 6.84. The van der Waals surface area contributed by atoms with Gasteiger partial charge < -0.3 is 21.7 Å². The van der Waals surface area contributed by atoms with Gasteiger partial charge in [0.25, 0.3) is 0 Å².